The van der Waals surface area contributed by atoms with Crippen molar-refractivity contribution < 1.29 is 9.32 Å². The number of nitrogens with one attached hydrogen (secondary N) is 1. The van der Waals surface area contributed by atoms with Gasteiger partial charge in [-0.1, -0.05) is 64.9 Å². The Morgan fingerprint density at radius 2 is 1.90 bits per heavy atom. The van der Waals surface area contributed by atoms with Gasteiger partial charge in [0.2, 0.25) is 5.91 Å². The van der Waals surface area contributed by atoms with Crippen LogP contribution in [-0.2, 0) is 4.79 Å². The number of carbonyl (C=O) groups excluding carboxylic acids is 1. The number of anilines is 1. The van der Waals surface area contributed by atoms with Gasteiger partial charge in [0.15, 0.2) is 11.0 Å². The molecule has 4 rings (SSSR count). The number of amides is 1. The Labute approximate surface area is 179 Å². The Hall–Kier alpha value is -3.32. The van der Waals surface area contributed by atoms with Crippen LogP contribution >= 0.6 is 11.8 Å². The van der Waals surface area contributed by atoms with E-state index in [1.807, 2.05) is 41.1 Å². The van der Waals surface area contributed by atoms with Crippen LogP contribution < -0.4 is 5.32 Å². The molecule has 6 nitrogen and oxygen atoms in total. The van der Waals surface area contributed by atoms with Crippen LogP contribution in [0.4, 0.5) is 5.82 Å². The number of aromatic nitrogens is 3. The van der Waals surface area contributed by atoms with E-state index >= 15 is 0 Å². The van der Waals surface area contributed by atoms with Gasteiger partial charge in [0, 0.05) is 18.5 Å². The van der Waals surface area contributed by atoms with E-state index in [2.05, 4.69) is 47.5 Å². The highest BCUT2D eigenvalue weighted by Gasteiger charge is 2.25. The maximum absolute atomic E-state index is 13.2. The van der Waals surface area contributed by atoms with Crippen LogP contribution in [0.1, 0.15) is 27.7 Å². The Kier molecular flexibility index (Phi) is 5.72. The van der Waals surface area contributed by atoms with E-state index in [1.54, 1.807) is 19.2 Å². The molecule has 0 aliphatic heterocycles. The normalized spacial score (nSPS) is 12.0. The summed E-state index contributed by atoms with van der Waals surface area (Å²) in [5.74, 6) is 0.853. The van der Waals surface area contributed by atoms with E-state index in [-0.39, 0.29) is 5.91 Å². The lowest BCUT2D eigenvalue weighted by atomic mass is 10.1. The molecule has 30 heavy (non-hydrogen) atoms. The van der Waals surface area contributed by atoms with Crippen molar-refractivity contribution in [1.82, 2.24) is 14.7 Å². The van der Waals surface area contributed by atoms with Crippen LogP contribution in [0, 0.1) is 20.8 Å². The summed E-state index contributed by atoms with van der Waals surface area (Å²) in [7, 11) is 0. The Bertz CT molecular complexity index is 1170. The molecule has 1 unspecified atom stereocenters. The van der Waals surface area contributed by atoms with Gasteiger partial charge in [0.1, 0.15) is 11.0 Å². The average molecular weight is 419 g/mol. The first-order chi connectivity index (χ1) is 14.5. The van der Waals surface area contributed by atoms with Gasteiger partial charge in [0.25, 0.3) is 0 Å². The maximum Gasteiger partial charge on any atom is 0.243 e. The van der Waals surface area contributed by atoms with Crippen LogP contribution in [0.15, 0.2) is 76.7 Å². The molecule has 4 aromatic rings. The first-order valence-electron chi connectivity index (χ1n) is 9.58. The second kappa shape index (κ2) is 8.59. The van der Waals surface area contributed by atoms with Crippen molar-refractivity contribution in [3.63, 3.8) is 0 Å². The van der Waals surface area contributed by atoms with Crippen molar-refractivity contribution in [2.24, 2.45) is 0 Å². The van der Waals surface area contributed by atoms with Crippen molar-refractivity contribution in [2.45, 2.75) is 31.2 Å². The number of thioether (sulfide) groups is 1. The highest BCUT2D eigenvalue weighted by atomic mass is 32.2. The van der Waals surface area contributed by atoms with Crippen LogP contribution in [0.25, 0.3) is 5.69 Å². The highest BCUT2D eigenvalue weighted by molar-refractivity contribution is 8.00. The standard InChI is InChI=1S/C23H22N4O2S/c1-15-9-10-19(16(2)13-15)27-12-11-24-23(27)30-21(18-7-5-4-6-8-18)22(28)25-20-14-17(3)29-26-20/h4-14,21H,1-3H3,(H,25,26,28). The molecule has 2 heterocycles. The predicted octanol–water partition coefficient (Wildman–Crippen LogP) is 5.26. The molecule has 0 aliphatic carbocycles. The van der Waals surface area contributed by atoms with Crippen LogP contribution in [0.2, 0.25) is 0 Å². The van der Waals surface area contributed by atoms with Gasteiger partial charge < -0.3 is 9.84 Å². The number of rotatable bonds is 6. The fraction of sp³-hybridized carbons (Fsp3) is 0.174. The van der Waals surface area contributed by atoms with Crippen LogP contribution in [-0.4, -0.2) is 20.6 Å². The summed E-state index contributed by atoms with van der Waals surface area (Å²) in [5.41, 5.74) is 4.28. The molecule has 0 spiro atoms. The molecule has 0 bridgehead atoms. The summed E-state index contributed by atoms with van der Waals surface area (Å²) in [5, 5.41) is 6.96. The average Bonchev–Trinajstić information content (AvgIpc) is 3.35. The number of imidazole rings is 1. The molecule has 7 heteroatoms. The van der Waals surface area contributed by atoms with Crippen molar-refractivity contribution in [3.8, 4) is 5.69 Å². The van der Waals surface area contributed by atoms with Crippen molar-refractivity contribution in [1.29, 1.82) is 0 Å². The lowest BCUT2D eigenvalue weighted by Gasteiger charge is -2.17. The fourth-order valence-electron chi connectivity index (χ4n) is 3.26. The van der Waals surface area contributed by atoms with E-state index < -0.39 is 5.25 Å². The molecule has 2 aromatic heterocycles. The number of nitrogens with zero attached hydrogens (tertiary/aromatic N) is 3. The summed E-state index contributed by atoms with van der Waals surface area (Å²) < 4.78 is 7.09. The third-order valence-corrected chi connectivity index (χ3v) is 5.90. The Morgan fingerprint density at radius 3 is 2.60 bits per heavy atom. The first-order valence-corrected chi connectivity index (χ1v) is 10.5. The first kappa shape index (κ1) is 20.0. The Morgan fingerprint density at radius 1 is 1.10 bits per heavy atom. The largest absolute Gasteiger partial charge is 0.360 e. The molecule has 1 atom stereocenters. The van der Waals surface area contributed by atoms with Crippen molar-refractivity contribution in [2.75, 3.05) is 5.32 Å². The second-order valence-corrected chi connectivity index (χ2v) is 8.16. The quantitative estimate of drug-likeness (QED) is 0.433. The molecular weight excluding hydrogens is 396 g/mol. The molecule has 1 N–H and O–H groups in total. The molecule has 1 amide bonds. The molecule has 0 fully saturated rings. The van der Waals surface area contributed by atoms with E-state index in [0.29, 0.717) is 11.6 Å². The number of aryl methyl sites for hydroxylation is 3. The second-order valence-electron chi connectivity index (χ2n) is 7.09. The van der Waals surface area contributed by atoms with Gasteiger partial charge in [-0.3, -0.25) is 9.36 Å². The minimum absolute atomic E-state index is 0.185. The van der Waals surface area contributed by atoms with Gasteiger partial charge >= 0.3 is 0 Å². The molecule has 0 saturated carbocycles. The SMILES string of the molecule is Cc1ccc(-n2ccnc2SC(C(=O)Nc2cc(C)on2)c2ccccc2)c(C)c1. The lowest BCUT2D eigenvalue weighted by molar-refractivity contribution is -0.115. The monoisotopic (exact) mass is 418 g/mol. The van der Waals surface area contributed by atoms with Gasteiger partial charge in [-0.2, -0.15) is 0 Å². The smallest absolute Gasteiger partial charge is 0.243 e. The zero-order valence-corrected chi connectivity index (χ0v) is 17.8. The molecule has 0 aliphatic rings. The lowest BCUT2D eigenvalue weighted by Crippen LogP contribution is -2.19. The maximum atomic E-state index is 13.2. The summed E-state index contributed by atoms with van der Waals surface area (Å²) >= 11 is 1.40. The zero-order valence-electron chi connectivity index (χ0n) is 17.0. The van der Waals surface area contributed by atoms with Crippen LogP contribution in [0.5, 0.6) is 0 Å². The minimum atomic E-state index is -0.505. The van der Waals surface area contributed by atoms with E-state index in [1.165, 1.54) is 17.3 Å². The number of carbonyl (C=O) groups is 1. The van der Waals surface area contributed by atoms with Crippen molar-refractivity contribution in [3.05, 3.63) is 89.4 Å². The Balaban J connectivity index is 1.66. The predicted molar refractivity (Wildman–Crippen MR) is 118 cm³/mol. The van der Waals surface area contributed by atoms with E-state index in [9.17, 15) is 4.79 Å². The van der Waals surface area contributed by atoms with Crippen molar-refractivity contribution >= 4 is 23.5 Å². The summed E-state index contributed by atoms with van der Waals surface area (Å²) in [6, 6.07) is 17.6. The molecule has 2 aromatic carbocycles. The van der Waals surface area contributed by atoms with Crippen LogP contribution in [0.3, 0.4) is 0 Å². The molecule has 152 valence electrons. The summed E-state index contributed by atoms with van der Waals surface area (Å²) in [6.45, 7) is 5.93. The van der Waals surface area contributed by atoms with Gasteiger partial charge in [0.05, 0.1) is 5.69 Å². The van der Waals surface area contributed by atoms with Gasteiger partial charge in [-0.15, -0.1) is 0 Å². The van der Waals surface area contributed by atoms with Gasteiger partial charge in [-0.05, 0) is 38.0 Å². The number of benzene rings is 2. The third kappa shape index (κ3) is 4.31. The fourth-order valence-corrected chi connectivity index (χ4v) is 4.32. The molecule has 0 radical (unpaired) electrons. The summed E-state index contributed by atoms with van der Waals surface area (Å²) in [4.78, 5) is 17.7. The molecule has 0 saturated heterocycles. The topological polar surface area (TPSA) is 73.0 Å². The van der Waals surface area contributed by atoms with Gasteiger partial charge in [-0.25, -0.2) is 4.98 Å². The molecular formula is C23H22N4O2S. The van der Waals surface area contributed by atoms with E-state index in [4.69, 9.17) is 4.52 Å². The summed E-state index contributed by atoms with van der Waals surface area (Å²) in [6.07, 6.45) is 3.67. The minimum Gasteiger partial charge on any atom is -0.360 e. The highest BCUT2D eigenvalue weighted by Crippen LogP contribution is 2.36. The number of hydrogen-bond acceptors (Lipinski definition) is 5. The zero-order chi connectivity index (χ0) is 21.1. The van der Waals surface area contributed by atoms with E-state index in [0.717, 1.165) is 22.0 Å². The number of hydrogen-bond donors (Lipinski definition) is 1. The third-order valence-electron chi connectivity index (χ3n) is 4.66.